The molecule has 1 N–H and O–H groups in total. The first-order valence-corrected chi connectivity index (χ1v) is 6.39. The van der Waals surface area contributed by atoms with Crippen molar-refractivity contribution in [3.8, 4) is 5.75 Å². The number of hydrogen-bond acceptors (Lipinski definition) is 4. The van der Waals surface area contributed by atoms with Crippen molar-refractivity contribution in [3.63, 3.8) is 0 Å². The summed E-state index contributed by atoms with van der Waals surface area (Å²) in [7, 11) is 0. The van der Waals surface area contributed by atoms with E-state index in [4.69, 9.17) is 4.74 Å². The van der Waals surface area contributed by atoms with Gasteiger partial charge in [0.1, 0.15) is 12.4 Å². The van der Waals surface area contributed by atoms with Crippen LogP contribution >= 0.6 is 0 Å². The molecule has 1 aromatic heterocycles. The molecule has 0 saturated carbocycles. The lowest BCUT2D eigenvalue weighted by Crippen LogP contribution is -2.24. The molecule has 0 spiro atoms. The van der Waals surface area contributed by atoms with Gasteiger partial charge in [0.05, 0.1) is 6.04 Å². The molecule has 1 aromatic carbocycles. The number of aryl methyl sites for hydroxylation is 2. The van der Waals surface area contributed by atoms with Gasteiger partial charge in [-0.1, -0.05) is 17.7 Å². The van der Waals surface area contributed by atoms with Gasteiger partial charge in [-0.2, -0.15) is 0 Å². The standard InChI is InChI=1S/C15H19N3O/c1-11-4-6-14(7-5-11)19-10-13(3)18-15-16-9-8-12(2)17-15/h4-9,13H,10H2,1-3H3,(H,16,17,18). The lowest BCUT2D eigenvalue weighted by molar-refractivity contribution is 0.303. The molecule has 0 aliphatic heterocycles. The normalized spacial score (nSPS) is 11.9. The lowest BCUT2D eigenvalue weighted by Gasteiger charge is -2.15. The Labute approximate surface area is 113 Å². The van der Waals surface area contributed by atoms with Crippen molar-refractivity contribution in [2.75, 3.05) is 11.9 Å². The molecule has 1 atom stereocenters. The monoisotopic (exact) mass is 257 g/mol. The SMILES string of the molecule is Cc1ccc(OCC(C)Nc2nccc(C)n2)cc1. The minimum absolute atomic E-state index is 0.142. The Morgan fingerprint density at radius 1 is 1.16 bits per heavy atom. The summed E-state index contributed by atoms with van der Waals surface area (Å²) >= 11 is 0. The molecule has 0 radical (unpaired) electrons. The molecule has 0 amide bonds. The first-order valence-electron chi connectivity index (χ1n) is 6.39. The van der Waals surface area contributed by atoms with Crippen LogP contribution in [-0.2, 0) is 0 Å². The Hall–Kier alpha value is -2.10. The second-order valence-electron chi connectivity index (χ2n) is 4.69. The van der Waals surface area contributed by atoms with Crippen molar-refractivity contribution in [2.24, 2.45) is 0 Å². The average Bonchev–Trinajstić information content (AvgIpc) is 2.38. The average molecular weight is 257 g/mol. The summed E-state index contributed by atoms with van der Waals surface area (Å²) in [4.78, 5) is 8.47. The van der Waals surface area contributed by atoms with E-state index in [1.807, 2.05) is 44.2 Å². The number of ether oxygens (including phenoxy) is 1. The maximum absolute atomic E-state index is 5.71. The quantitative estimate of drug-likeness (QED) is 0.894. The molecule has 1 unspecified atom stereocenters. The van der Waals surface area contributed by atoms with Crippen molar-refractivity contribution in [1.82, 2.24) is 9.97 Å². The molecule has 1 heterocycles. The van der Waals surface area contributed by atoms with Crippen LogP contribution in [0.3, 0.4) is 0 Å². The molecule has 4 nitrogen and oxygen atoms in total. The van der Waals surface area contributed by atoms with Crippen molar-refractivity contribution >= 4 is 5.95 Å². The smallest absolute Gasteiger partial charge is 0.223 e. The van der Waals surface area contributed by atoms with E-state index in [2.05, 4.69) is 22.2 Å². The highest BCUT2D eigenvalue weighted by Gasteiger charge is 2.05. The summed E-state index contributed by atoms with van der Waals surface area (Å²) in [6, 6.07) is 10.0. The van der Waals surface area contributed by atoms with Gasteiger partial charge in [0, 0.05) is 11.9 Å². The number of rotatable bonds is 5. The van der Waals surface area contributed by atoms with Crippen LogP contribution in [0, 0.1) is 13.8 Å². The van der Waals surface area contributed by atoms with Crippen molar-refractivity contribution in [2.45, 2.75) is 26.8 Å². The van der Waals surface area contributed by atoms with E-state index in [-0.39, 0.29) is 6.04 Å². The molecule has 4 heteroatoms. The zero-order valence-electron chi connectivity index (χ0n) is 11.6. The Balaban J connectivity index is 1.84. The van der Waals surface area contributed by atoms with Gasteiger partial charge in [0.2, 0.25) is 5.95 Å². The molecule has 2 aromatic rings. The first kappa shape index (κ1) is 13.3. The summed E-state index contributed by atoms with van der Waals surface area (Å²) in [5.74, 6) is 1.52. The van der Waals surface area contributed by atoms with E-state index in [1.54, 1.807) is 6.20 Å². The molecule has 100 valence electrons. The fourth-order valence-corrected chi connectivity index (χ4v) is 1.64. The van der Waals surface area contributed by atoms with Gasteiger partial charge < -0.3 is 10.1 Å². The second-order valence-corrected chi connectivity index (χ2v) is 4.69. The van der Waals surface area contributed by atoms with Gasteiger partial charge in [0.15, 0.2) is 0 Å². The summed E-state index contributed by atoms with van der Waals surface area (Å²) in [5.41, 5.74) is 2.18. The molecule has 0 aliphatic carbocycles. The predicted molar refractivity (Wildman–Crippen MR) is 76.5 cm³/mol. The van der Waals surface area contributed by atoms with Crippen LogP contribution in [0.1, 0.15) is 18.2 Å². The highest BCUT2D eigenvalue weighted by atomic mass is 16.5. The first-order chi connectivity index (χ1) is 9.13. The van der Waals surface area contributed by atoms with E-state index in [0.717, 1.165) is 11.4 Å². The van der Waals surface area contributed by atoms with Gasteiger partial charge in [-0.15, -0.1) is 0 Å². The van der Waals surface area contributed by atoms with E-state index in [1.165, 1.54) is 5.56 Å². The molecule has 0 bridgehead atoms. The Morgan fingerprint density at radius 3 is 2.58 bits per heavy atom. The third-order valence-electron chi connectivity index (χ3n) is 2.69. The fourth-order valence-electron chi connectivity index (χ4n) is 1.64. The van der Waals surface area contributed by atoms with E-state index in [0.29, 0.717) is 12.6 Å². The van der Waals surface area contributed by atoms with Crippen LogP contribution in [0.4, 0.5) is 5.95 Å². The zero-order chi connectivity index (χ0) is 13.7. The van der Waals surface area contributed by atoms with Crippen molar-refractivity contribution < 1.29 is 4.74 Å². The molecule has 0 saturated heterocycles. The van der Waals surface area contributed by atoms with Crippen LogP contribution in [0.15, 0.2) is 36.5 Å². The number of nitrogens with zero attached hydrogens (tertiary/aromatic N) is 2. The molecular weight excluding hydrogens is 238 g/mol. The highest BCUT2D eigenvalue weighted by Crippen LogP contribution is 2.12. The highest BCUT2D eigenvalue weighted by molar-refractivity contribution is 5.28. The molecular formula is C15H19N3O. The van der Waals surface area contributed by atoms with Crippen LogP contribution in [0.2, 0.25) is 0 Å². The minimum Gasteiger partial charge on any atom is -0.491 e. The zero-order valence-corrected chi connectivity index (χ0v) is 11.6. The van der Waals surface area contributed by atoms with Gasteiger partial charge in [-0.05, 0) is 39.0 Å². The number of hydrogen-bond donors (Lipinski definition) is 1. The van der Waals surface area contributed by atoms with Gasteiger partial charge in [-0.3, -0.25) is 0 Å². The Morgan fingerprint density at radius 2 is 1.89 bits per heavy atom. The van der Waals surface area contributed by atoms with Crippen LogP contribution in [0.25, 0.3) is 0 Å². The molecule has 0 aliphatic rings. The summed E-state index contributed by atoms with van der Waals surface area (Å²) in [5, 5.41) is 3.22. The number of benzene rings is 1. The van der Waals surface area contributed by atoms with Crippen LogP contribution in [0.5, 0.6) is 5.75 Å². The largest absolute Gasteiger partial charge is 0.491 e. The van der Waals surface area contributed by atoms with Crippen molar-refractivity contribution in [3.05, 3.63) is 47.8 Å². The summed E-state index contributed by atoms with van der Waals surface area (Å²) < 4.78 is 5.71. The van der Waals surface area contributed by atoms with Crippen LogP contribution in [-0.4, -0.2) is 22.6 Å². The van der Waals surface area contributed by atoms with Gasteiger partial charge >= 0.3 is 0 Å². The maximum Gasteiger partial charge on any atom is 0.223 e. The molecule has 0 fully saturated rings. The second kappa shape index (κ2) is 6.18. The van der Waals surface area contributed by atoms with Crippen LogP contribution < -0.4 is 10.1 Å². The minimum atomic E-state index is 0.142. The molecule has 19 heavy (non-hydrogen) atoms. The van der Waals surface area contributed by atoms with E-state index >= 15 is 0 Å². The third-order valence-corrected chi connectivity index (χ3v) is 2.69. The topological polar surface area (TPSA) is 47.0 Å². The van der Waals surface area contributed by atoms with Crippen molar-refractivity contribution in [1.29, 1.82) is 0 Å². The third kappa shape index (κ3) is 4.25. The van der Waals surface area contributed by atoms with Gasteiger partial charge in [0.25, 0.3) is 0 Å². The fraction of sp³-hybridized carbons (Fsp3) is 0.333. The lowest BCUT2D eigenvalue weighted by atomic mass is 10.2. The van der Waals surface area contributed by atoms with E-state index in [9.17, 15) is 0 Å². The number of anilines is 1. The Kier molecular flexibility index (Phi) is 4.34. The number of aromatic nitrogens is 2. The molecule has 2 rings (SSSR count). The Bertz CT molecular complexity index is 525. The predicted octanol–water partition coefficient (Wildman–Crippen LogP) is 2.97. The van der Waals surface area contributed by atoms with E-state index < -0.39 is 0 Å². The number of nitrogens with one attached hydrogen (secondary N) is 1. The maximum atomic E-state index is 5.71. The van der Waals surface area contributed by atoms with Gasteiger partial charge in [-0.25, -0.2) is 9.97 Å². The summed E-state index contributed by atoms with van der Waals surface area (Å²) in [6.45, 7) is 6.61. The summed E-state index contributed by atoms with van der Waals surface area (Å²) in [6.07, 6.45) is 1.75.